The van der Waals surface area contributed by atoms with Crippen molar-refractivity contribution in [1.82, 2.24) is 19.5 Å². The molecule has 0 fully saturated rings. The van der Waals surface area contributed by atoms with Crippen LogP contribution in [0, 0.1) is 0 Å². The summed E-state index contributed by atoms with van der Waals surface area (Å²) in [7, 11) is 0. The minimum atomic E-state index is -0.417. The Labute approximate surface area is 164 Å². The zero-order valence-electron chi connectivity index (χ0n) is 15.0. The average molecular weight is 391 g/mol. The Kier molecular flexibility index (Phi) is 4.70. The van der Waals surface area contributed by atoms with Crippen LogP contribution in [0.25, 0.3) is 16.6 Å². The fraction of sp³-hybridized carbons (Fsp3) is 0.100. The molecule has 4 aromatic rings. The second-order valence-electron chi connectivity index (χ2n) is 6.20. The van der Waals surface area contributed by atoms with Gasteiger partial charge in [-0.2, -0.15) is 4.98 Å². The third kappa shape index (κ3) is 3.41. The van der Waals surface area contributed by atoms with E-state index >= 15 is 0 Å². The summed E-state index contributed by atoms with van der Waals surface area (Å²) in [5, 5.41) is 0.701. The van der Waals surface area contributed by atoms with Crippen molar-refractivity contribution in [1.29, 1.82) is 0 Å². The first kappa shape index (κ1) is 18.0. The first-order valence-corrected chi connectivity index (χ1v) is 9.51. The molecule has 2 aromatic heterocycles. The monoisotopic (exact) mass is 391 g/mol. The van der Waals surface area contributed by atoms with Crippen LogP contribution in [0.15, 0.2) is 75.4 Å². The molecule has 0 radical (unpaired) electrons. The van der Waals surface area contributed by atoms with E-state index in [-0.39, 0.29) is 10.8 Å². The molecule has 28 heavy (non-hydrogen) atoms. The lowest BCUT2D eigenvalue weighted by Gasteiger charge is -2.17. The minimum Gasteiger partial charge on any atom is -0.385 e. The molecular formula is C20H17N5O2S. The number of aromatic nitrogens is 4. The highest BCUT2D eigenvalue weighted by molar-refractivity contribution is 7.99. The lowest BCUT2D eigenvalue weighted by atomic mass is 10.2. The van der Waals surface area contributed by atoms with Crippen molar-refractivity contribution in [2.75, 3.05) is 5.73 Å². The zero-order chi connectivity index (χ0) is 19.7. The zero-order valence-corrected chi connectivity index (χ0v) is 15.8. The first-order chi connectivity index (χ1) is 13.5. The maximum Gasteiger partial charge on any atom is 0.275 e. The van der Waals surface area contributed by atoms with Gasteiger partial charge in [0, 0.05) is 11.8 Å². The summed E-state index contributed by atoms with van der Waals surface area (Å²) in [6.07, 6.45) is 0. The fourth-order valence-electron chi connectivity index (χ4n) is 2.90. The van der Waals surface area contributed by atoms with Crippen LogP contribution in [-0.2, 0) is 0 Å². The molecule has 2 heterocycles. The molecule has 7 nitrogen and oxygen atoms in total. The molecule has 0 aliphatic heterocycles. The van der Waals surface area contributed by atoms with Gasteiger partial charge in [0.1, 0.15) is 11.6 Å². The molecule has 140 valence electrons. The predicted octanol–water partition coefficient (Wildman–Crippen LogP) is 2.90. The Morgan fingerprint density at radius 3 is 2.54 bits per heavy atom. The topological polar surface area (TPSA) is 107 Å². The molecule has 3 N–H and O–H groups in total. The van der Waals surface area contributed by atoms with Crippen LogP contribution >= 0.6 is 11.8 Å². The Balaban J connectivity index is 1.77. The van der Waals surface area contributed by atoms with Gasteiger partial charge in [0.15, 0.2) is 5.16 Å². The number of nitrogens with two attached hydrogens (primary N) is 1. The summed E-state index contributed by atoms with van der Waals surface area (Å²) >= 11 is 1.30. The second-order valence-corrected chi connectivity index (χ2v) is 7.51. The number of para-hydroxylation sites is 2. The van der Waals surface area contributed by atoms with E-state index in [2.05, 4.69) is 15.0 Å². The lowest BCUT2D eigenvalue weighted by Crippen LogP contribution is -2.18. The molecule has 0 spiro atoms. The van der Waals surface area contributed by atoms with Gasteiger partial charge >= 0.3 is 0 Å². The van der Waals surface area contributed by atoms with Gasteiger partial charge in [0.2, 0.25) is 0 Å². The number of aromatic amines is 1. The van der Waals surface area contributed by atoms with Crippen LogP contribution in [0.4, 0.5) is 5.82 Å². The van der Waals surface area contributed by atoms with Crippen molar-refractivity contribution in [3.8, 4) is 5.69 Å². The number of H-pyrrole nitrogens is 1. The molecular weight excluding hydrogens is 374 g/mol. The molecule has 2 aromatic carbocycles. The van der Waals surface area contributed by atoms with Gasteiger partial charge in [-0.05, 0) is 31.2 Å². The highest BCUT2D eigenvalue weighted by Gasteiger charge is 2.17. The number of nitrogens with one attached hydrogen (secondary N) is 1. The maximum atomic E-state index is 12.4. The van der Waals surface area contributed by atoms with E-state index in [0.29, 0.717) is 27.7 Å². The van der Waals surface area contributed by atoms with Gasteiger partial charge in [0.25, 0.3) is 11.1 Å². The summed E-state index contributed by atoms with van der Waals surface area (Å²) in [6.45, 7) is 1.89. The van der Waals surface area contributed by atoms with E-state index in [0.717, 1.165) is 5.69 Å². The standard InChI is InChI=1S/C20H17N5O2S/c1-12(18-22-15-10-6-5-9-14(15)19(27)24-18)28-20-23-17(26)11-16(21)25(20)13-7-3-2-4-8-13/h2-12H,21H2,1H3,(H,22,24,27)/t12-/m0/s1. The Hall–Kier alpha value is -3.39. The van der Waals surface area contributed by atoms with Crippen molar-refractivity contribution in [2.24, 2.45) is 0 Å². The van der Waals surface area contributed by atoms with Gasteiger partial charge in [-0.3, -0.25) is 14.2 Å². The van der Waals surface area contributed by atoms with E-state index in [9.17, 15) is 9.59 Å². The van der Waals surface area contributed by atoms with Crippen molar-refractivity contribution >= 4 is 28.5 Å². The highest BCUT2D eigenvalue weighted by Crippen LogP contribution is 2.33. The van der Waals surface area contributed by atoms with Crippen molar-refractivity contribution in [3.63, 3.8) is 0 Å². The molecule has 0 bridgehead atoms. The summed E-state index contributed by atoms with van der Waals surface area (Å²) in [5.74, 6) is 0.797. The molecule has 0 aliphatic rings. The normalized spacial score (nSPS) is 12.2. The molecule has 0 saturated heterocycles. The van der Waals surface area contributed by atoms with Crippen LogP contribution in [-0.4, -0.2) is 19.5 Å². The third-order valence-corrected chi connectivity index (χ3v) is 5.30. The second kappa shape index (κ2) is 7.32. The minimum absolute atomic E-state index is 0.200. The fourth-order valence-corrected chi connectivity index (χ4v) is 3.90. The quantitative estimate of drug-likeness (QED) is 0.409. The maximum absolute atomic E-state index is 12.4. The molecule has 4 rings (SSSR count). The van der Waals surface area contributed by atoms with E-state index in [1.54, 1.807) is 22.8 Å². The Morgan fingerprint density at radius 2 is 1.75 bits per heavy atom. The summed E-state index contributed by atoms with van der Waals surface area (Å²) < 4.78 is 1.71. The van der Waals surface area contributed by atoms with E-state index in [1.165, 1.54) is 17.8 Å². The number of benzene rings is 2. The molecule has 0 saturated carbocycles. The number of thioether (sulfide) groups is 1. The van der Waals surface area contributed by atoms with Crippen molar-refractivity contribution < 1.29 is 0 Å². The lowest BCUT2D eigenvalue weighted by molar-refractivity contribution is 0.812. The van der Waals surface area contributed by atoms with Crippen LogP contribution in [0.2, 0.25) is 0 Å². The predicted molar refractivity (Wildman–Crippen MR) is 111 cm³/mol. The summed E-state index contributed by atoms with van der Waals surface area (Å²) in [6, 6.07) is 17.9. The summed E-state index contributed by atoms with van der Waals surface area (Å²) in [5.41, 5.74) is 6.90. The number of rotatable bonds is 4. The average Bonchev–Trinajstić information content (AvgIpc) is 2.68. The number of fused-ring (bicyclic) bond motifs is 1. The van der Waals surface area contributed by atoms with Crippen LogP contribution in [0.1, 0.15) is 18.0 Å². The van der Waals surface area contributed by atoms with Crippen LogP contribution in [0.3, 0.4) is 0 Å². The number of anilines is 1. The number of nitrogen functional groups attached to an aromatic ring is 1. The van der Waals surface area contributed by atoms with Crippen LogP contribution in [0.5, 0.6) is 0 Å². The van der Waals surface area contributed by atoms with Gasteiger partial charge in [-0.15, -0.1) is 0 Å². The number of nitrogens with zero attached hydrogens (tertiary/aromatic N) is 3. The van der Waals surface area contributed by atoms with Crippen LogP contribution < -0.4 is 16.9 Å². The SMILES string of the molecule is C[C@H](Sc1nc(=O)cc(N)n1-c1ccccc1)c1nc2ccccc2c(=O)[nH]1. The van der Waals surface area contributed by atoms with Gasteiger partial charge in [-0.25, -0.2) is 4.98 Å². The molecule has 0 amide bonds. The third-order valence-electron chi connectivity index (χ3n) is 4.24. The Morgan fingerprint density at radius 1 is 1.04 bits per heavy atom. The van der Waals surface area contributed by atoms with Crippen molar-refractivity contribution in [3.05, 3.63) is 87.2 Å². The smallest absolute Gasteiger partial charge is 0.275 e. The molecule has 8 heteroatoms. The van der Waals surface area contributed by atoms with Gasteiger partial charge < -0.3 is 10.7 Å². The van der Waals surface area contributed by atoms with E-state index in [1.807, 2.05) is 43.3 Å². The summed E-state index contributed by atoms with van der Waals surface area (Å²) in [4.78, 5) is 35.8. The van der Waals surface area contributed by atoms with E-state index in [4.69, 9.17) is 5.73 Å². The Bertz CT molecular complexity index is 1270. The number of hydrogen-bond donors (Lipinski definition) is 2. The van der Waals surface area contributed by atoms with Gasteiger partial charge in [-0.1, -0.05) is 42.1 Å². The number of hydrogen-bond acceptors (Lipinski definition) is 6. The van der Waals surface area contributed by atoms with E-state index < -0.39 is 5.56 Å². The first-order valence-electron chi connectivity index (χ1n) is 8.63. The molecule has 1 atom stereocenters. The molecule has 0 aliphatic carbocycles. The van der Waals surface area contributed by atoms with Gasteiger partial charge in [0.05, 0.1) is 16.2 Å². The largest absolute Gasteiger partial charge is 0.385 e. The highest BCUT2D eigenvalue weighted by atomic mass is 32.2. The molecule has 0 unspecified atom stereocenters. The van der Waals surface area contributed by atoms with Crippen molar-refractivity contribution in [2.45, 2.75) is 17.3 Å².